The summed E-state index contributed by atoms with van der Waals surface area (Å²) in [5.74, 6) is 0. The van der Waals surface area contributed by atoms with Crippen LogP contribution in [0.4, 0.5) is 0 Å². The van der Waals surface area contributed by atoms with E-state index in [2.05, 4.69) is 12.2 Å². The second kappa shape index (κ2) is 3.04. The van der Waals surface area contributed by atoms with E-state index in [1.54, 1.807) is 0 Å². The standard InChI is InChI=1S/C3H7ClN2S/c1-2-6(4)3(5)7/h2H2,1H3,(H2,5,7). The summed E-state index contributed by atoms with van der Waals surface area (Å²) in [7, 11) is 0. The topological polar surface area (TPSA) is 29.3 Å². The van der Waals surface area contributed by atoms with Gasteiger partial charge in [-0.3, -0.25) is 4.42 Å². The average Bonchev–Trinajstić information content (AvgIpc) is 1.65. The van der Waals surface area contributed by atoms with Crippen LogP contribution in [0.3, 0.4) is 0 Å². The predicted molar refractivity (Wildman–Crippen MR) is 35.0 cm³/mol. The molecule has 0 unspecified atom stereocenters. The van der Waals surface area contributed by atoms with Gasteiger partial charge in [-0.25, -0.2) is 0 Å². The number of nitrogens with zero attached hydrogens (tertiary/aromatic N) is 1. The third kappa shape index (κ3) is 2.65. The van der Waals surface area contributed by atoms with Gasteiger partial charge in [0.15, 0.2) is 5.11 Å². The van der Waals surface area contributed by atoms with Crippen molar-refractivity contribution in [3.05, 3.63) is 0 Å². The van der Waals surface area contributed by atoms with Crippen LogP contribution in [0.5, 0.6) is 0 Å². The van der Waals surface area contributed by atoms with E-state index in [0.29, 0.717) is 6.54 Å². The van der Waals surface area contributed by atoms with Crippen molar-refractivity contribution in [3.8, 4) is 0 Å². The molecule has 0 heterocycles. The van der Waals surface area contributed by atoms with Crippen molar-refractivity contribution in [1.82, 2.24) is 4.42 Å². The van der Waals surface area contributed by atoms with E-state index in [0.717, 1.165) is 0 Å². The maximum Gasteiger partial charge on any atom is 0.181 e. The molecule has 2 N–H and O–H groups in total. The van der Waals surface area contributed by atoms with Gasteiger partial charge in [-0.15, -0.1) is 0 Å². The van der Waals surface area contributed by atoms with Gasteiger partial charge < -0.3 is 5.73 Å². The van der Waals surface area contributed by atoms with E-state index in [1.807, 2.05) is 6.92 Å². The van der Waals surface area contributed by atoms with Gasteiger partial charge >= 0.3 is 0 Å². The van der Waals surface area contributed by atoms with Gasteiger partial charge in [-0.1, -0.05) is 0 Å². The molecular formula is C3H7ClN2S. The number of rotatable bonds is 1. The summed E-state index contributed by atoms with van der Waals surface area (Å²) in [4.78, 5) is 0. The minimum Gasteiger partial charge on any atom is -0.375 e. The molecule has 0 aliphatic carbocycles. The van der Waals surface area contributed by atoms with E-state index in [1.165, 1.54) is 4.42 Å². The molecule has 0 atom stereocenters. The van der Waals surface area contributed by atoms with Crippen molar-refractivity contribution in [2.75, 3.05) is 6.54 Å². The Labute approximate surface area is 53.3 Å². The highest BCUT2D eigenvalue weighted by Gasteiger charge is 1.93. The second-order valence-corrected chi connectivity index (χ2v) is 1.84. The lowest BCUT2D eigenvalue weighted by atomic mass is 10.8. The molecule has 7 heavy (non-hydrogen) atoms. The lowest BCUT2D eigenvalue weighted by Crippen LogP contribution is -2.26. The lowest BCUT2D eigenvalue weighted by Gasteiger charge is -2.07. The molecule has 0 spiro atoms. The van der Waals surface area contributed by atoms with Crippen molar-refractivity contribution in [3.63, 3.8) is 0 Å². The van der Waals surface area contributed by atoms with Crippen LogP contribution in [-0.4, -0.2) is 16.1 Å². The van der Waals surface area contributed by atoms with Crippen LogP contribution in [0.15, 0.2) is 0 Å². The van der Waals surface area contributed by atoms with Crippen LogP contribution < -0.4 is 5.73 Å². The number of hydrogen-bond acceptors (Lipinski definition) is 1. The summed E-state index contributed by atoms with van der Waals surface area (Å²) in [6.07, 6.45) is 0. The summed E-state index contributed by atoms with van der Waals surface area (Å²) in [5, 5.41) is 0.226. The third-order valence-corrected chi connectivity index (χ3v) is 1.26. The number of hydrogen-bond donors (Lipinski definition) is 1. The van der Waals surface area contributed by atoms with Crippen molar-refractivity contribution in [2.24, 2.45) is 5.73 Å². The van der Waals surface area contributed by atoms with E-state index < -0.39 is 0 Å². The fourth-order valence-electron chi connectivity index (χ4n) is 0.156. The van der Waals surface area contributed by atoms with Gasteiger partial charge in [0.05, 0.1) is 0 Å². The molecule has 0 rings (SSSR count). The molecule has 0 radical (unpaired) electrons. The Hall–Kier alpha value is -0.0200. The fourth-order valence-corrected chi connectivity index (χ4v) is 0.285. The van der Waals surface area contributed by atoms with Gasteiger partial charge in [-0.05, 0) is 19.1 Å². The lowest BCUT2D eigenvalue weighted by molar-refractivity contribution is 0.700. The molecule has 0 aromatic heterocycles. The van der Waals surface area contributed by atoms with Crippen molar-refractivity contribution in [1.29, 1.82) is 0 Å². The molecule has 0 saturated heterocycles. The van der Waals surface area contributed by atoms with Crippen molar-refractivity contribution >= 4 is 29.1 Å². The van der Waals surface area contributed by atoms with E-state index >= 15 is 0 Å². The predicted octanol–water partition coefficient (Wildman–Crippen LogP) is 0.706. The first-order valence-electron chi connectivity index (χ1n) is 1.91. The van der Waals surface area contributed by atoms with E-state index in [4.69, 9.17) is 17.5 Å². The van der Waals surface area contributed by atoms with Crippen LogP contribution in [0.1, 0.15) is 6.92 Å². The first kappa shape index (κ1) is 6.98. The highest BCUT2D eigenvalue weighted by Crippen LogP contribution is 1.89. The van der Waals surface area contributed by atoms with Crippen LogP contribution in [0.25, 0.3) is 0 Å². The molecule has 2 nitrogen and oxygen atoms in total. The van der Waals surface area contributed by atoms with E-state index in [9.17, 15) is 0 Å². The molecule has 42 valence electrons. The molecule has 0 aliphatic rings. The zero-order valence-electron chi connectivity index (χ0n) is 4.02. The number of halogens is 1. The maximum atomic E-state index is 5.37. The van der Waals surface area contributed by atoms with Gasteiger partial charge in [0.25, 0.3) is 0 Å². The van der Waals surface area contributed by atoms with Crippen molar-refractivity contribution in [2.45, 2.75) is 6.92 Å². The Balaban J connectivity index is 3.34. The molecule has 0 bridgehead atoms. The second-order valence-electron chi connectivity index (χ2n) is 1.02. The quantitative estimate of drug-likeness (QED) is 0.428. The first-order chi connectivity index (χ1) is 3.18. The molecule has 0 aromatic rings. The van der Waals surface area contributed by atoms with Gasteiger partial charge in [0.1, 0.15) is 0 Å². The fraction of sp³-hybridized carbons (Fsp3) is 0.667. The SMILES string of the molecule is CCN(Cl)C(N)=S. The summed E-state index contributed by atoms with van der Waals surface area (Å²) in [6, 6.07) is 0. The van der Waals surface area contributed by atoms with Gasteiger partial charge in [-0.2, -0.15) is 0 Å². The highest BCUT2D eigenvalue weighted by atomic mass is 35.5. The van der Waals surface area contributed by atoms with Gasteiger partial charge in [0.2, 0.25) is 0 Å². The average molecular weight is 139 g/mol. The van der Waals surface area contributed by atoms with Crippen LogP contribution in [0.2, 0.25) is 0 Å². The molecular weight excluding hydrogens is 132 g/mol. The van der Waals surface area contributed by atoms with Crippen LogP contribution >= 0.6 is 24.0 Å². The molecule has 0 saturated carbocycles. The third-order valence-electron chi connectivity index (χ3n) is 0.517. The summed E-state index contributed by atoms with van der Waals surface area (Å²) < 4.78 is 1.27. The normalized spacial score (nSPS) is 8.29. The van der Waals surface area contributed by atoms with Crippen LogP contribution in [-0.2, 0) is 0 Å². The smallest absolute Gasteiger partial charge is 0.181 e. The molecule has 4 heteroatoms. The Morgan fingerprint density at radius 2 is 2.43 bits per heavy atom. The minimum absolute atomic E-state index is 0.226. The zero-order valence-corrected chi connectivity index (χ0v) is 5.59. The Kier molecular flexibility index (Phi) is 3.04. The Morgan fingerprint density at radius 1 is 2.00 bits per heavy atom. The summed E-state index contributed by atoms with van der Waals surface area (Å²) >= 11 is 9.86. The Morgan fingerprint density at radius 3 is 2.43 bits per heavy atom. The zero-order chi connectivity index (χ0) is 5.86. The number of thiocarbonyl (C=S) groups is 1. The number of nitrogens with two attached hydrogens (primary N) is 1. The van der Waals surface area contributed by atoms with Crippen molar-refractivity contribution < 1.29 is 0 Å². The molecule has 0 aliphatic heterocycles. The Bertz CT molecular complexity index is 75.3. The van der Waals surface area contributed by atoms with E-state index in [-0.39, 0.29) is 5.11 Å². The molecule has 0 fully saturated rings. The first-order valence-corrected chi connectivity index (χ1v) is 2.66. The highest BCUT2D eigenvalue weighted by molar-refractivity contribution is 7.80. The largest absolute Gasteiger partial charge is 0.375 e. The monoisotopic (exact) mass is 138 g/mol. The molecule has 0 amide bonds. The van der Waals surface area contributed by atoms with Crippen LogP contribution in [0, 0.1) is 0 Å². The molecule has 0 aromatic carbocycles. The maximum absolute atomic E-state index is 5.37. The minimum atomic E-state index is 0.226. The summed E-state index contributed by atoms with van der Waals surface area (Å²) in [5.41, 5.74) is 5.07. The summed E-state index contributed by atoms with van der Waals surface area (Å²) in [6.45, 7) is 2.52. The van der Waals surface area contributed by atoms with Gasteiger partial charge in [0, 0.05) is 18.3 Å².